The van der Waals surface area contributed by atoms with E-state index in [1.54, 1.807) is 36.4 Å². The van der Waals surface area contributed by atoms with E-state index in [9.17, 15) is 18.4 Å². The van der Waals surface area contributed by atoms with Crippen LogP contribution in [0.25, 0.3) is 11.1 Å². The summed E-state index contributed by atoms with van der Waals surface area (Å²) in [6.07, 6.45) is -0.451. The van der Waals surface area contributed by atoms with E-state index in [0.717, 1.165) is 12.1 Å². The van der Waals surface area contributed by atoms with Gasteiger partial charge in [0.25, 0.3) is 5.91 Å². The number of benzene rings is 3. The maximum Gasteiger partial charge on any atom is 0.251 e. The molecule has 168 valence electrons. The molecule has 3 aromatic carbocycles. The van der Waals surface area contributed by atoms with Crippen molar-refractivity contribution < 1.29 is 18.4 Å². The van der Waals surface area contributed by atoms with E-state index < -0.39 is 35.9 Å². The van der Waals surface area contributed by atoms with Crippen LogP contribution in [0.2, 0.25) is 10.0 Å². The van der Waals surface area contributed by atoms with Crippen molar-refractivity contribution in [3.05, 3.63) is 93.5 Å². The normalized spacial score (nSPS) is 11.4. The Labute approximate surface area is 198 Å². The molecule has 5 nitrogen and oxygen atoms in total. The van der Waals surface area contributed by atoms with Gasteiger partial charge in [0.2, 0.25) is 5.91 Å². The molecule has 0 heterocycles. The number of hydrogen-bond acceptors (Lipinski definition) is 3. The SMILES string of the molecule is N#CCNC(=O)[C@H](Cc1c(F)cccc1F)NC(=O)c1ccc(-c2ccccc2Cl)c(Cl)c1. The van der Waals surface area contributed by atoms with Gasteiger partial charge in [0.05, 0.1) is 6.07 Å². The highest BCUT2D eigenvalue weighted by Gasteiger charge is 2.25. The van der Waals surface area contributed by atoms with Gasteiger partial charge in [-0.15, -0.1) is 0 Å². The number of hydrogen-bond donors (Lipinski definition) is 2. The maximum atomic E-state index is 14.1. The van der Waals surface area contributed by atoms with Crippen LogP contribution in [0.3, 0.4) is 0 Å². The standard InChI is InChI=1S/C24H17Cl2F2N3O2/c25-18-5-2-1-4-15(18)16-9-8-14(12-19(16)26)23(32)31-22(24(33)30-11-10-29)13-17-20(27)6-3-7-21(17)28/h1-9,12,22H,11,13H2,(H,30,33)(H,31,32)/t22-/m0/s1. The zero-order valence-corrected chi connectivity index (χ0v) is 18.6. The minimum atomic E-state index is -1.33. The number of halogens is 4. The molecule has 0 aliphatic carbocycles. The van der Waals surface area contributed by atoms with Gasteiger partial charge in [0.15, 0.2) is 0 Å². The average molecular weight is 488 g/mol. The second kappa shape index (κ2) is 10.9. The van der Waals surface area contributed by atoms with E-state index in [-0.39, 0.29) is 22.7 Å². The molecule has 1 atom stereocenters. The Bertz CT molecular complexity index is 1220. The number of carbonyl (C=O) groups is 2. The van der Waals surface area contributed by atoms with Crippen LogP contribution >= 0.6 is 23.2 Å². The molecule has 3 rings (SSSR count). The predicted octanol–water partition coefficient (Wildman–Crippen LogP) is 4.92. The third-order valence-corrected chi connectivity index (χ3v) is 5.47. The summed E-state index contributed by atoms with van der Waals surface area (Å²) in [6.45, 7) is -0.330. The molecule has 3 aromatic rings. The third kappa shape index (κ3) is 5.86. The molecule has 0 saturated carbocycles. The van der Waals surface area contributed by atoms with Gasteiger partial charge in [-0.25, -0.2) is 8.78 Å². The molecule has 0 fully saturated rings. The molecule has 0 aliphatic rings. The van der Waals surface area contributed by atoms with Crippen LogP contribution in [-0.4, -0.2) is 24.4 Å². The van der Waals surface area contributed by atoms with E-state index in [1.807, 2.05) is 0 Å². The van der Waals surface area contributed by atoms with Crippen LogP contribution in [0.15, 0.2) is 60.7 Å². The van der Waals surface area contributed by atoms with Crippen LogP contribution in [-0.2, 0) is 11.2 Å². The Hall–Kier alpha value is -3.47. The molecule has 0 saturated heterocycles. The molecule has 0 spiro atoms. The zero-order chi connectivity index (χ0) is 24.0. The summed E-state index contributed by atoms with van der Waals surface area (Å²) in [5, 5.41) is 14.2. The van der Waals surface area contributed by atoms with Gasteiger partial charge in [-0.3, -0.25) is 9.59 Å². The first-order valence-electron chi connectivity index (χ1n) is 9.74. The Kier molecular flexibility index (Phi) is 7.99. The second-order valence-corrected chi connectivity index (χ2v) is 7.80. The smallest absolute Gasteiger partial charge is 0.251 e. The first-order valence-corrected chi connectivity index (χ1v) is 10.5. The van der Waals surface area contributed by atoms with Gasteiger partial charge >= 0.3 is 0 Å². The summed E-state index contributed by atoms with van der Waals surface area (Å²) in [4.78, 5) is 25.3. The lowest BCUT2D eigenvalue weighted by atomic mass is 10.0. The predicted molar refractivity (Wildman–Crippen MR) is 122 cm³/mol. The Balaban J connectivity index is 1.86. The minimum Gasteiger partial charge on any atom is -0.341 e. The summed E-state index contributed by atoms with van der Waals surface area (Å²) in [5.41, 5.74) is 1.06. The molecular weight excluding hydrogens is 471 g/mol. The van der Waals surface area contributed by atoms with Crippen LogP contribution in [0, 0.1) is 23.0 Å². The first kappa shape index (κ1) is 24.2. The van der Waals surface area contributed by atoms with Crippen molar-refractivity contribution in [2.24, 2.45) is 0 Å². The minimum absolute atomic E-state index is 0.128. The van der Waals surface area contributed by atoms with Gasteiger partial charge in [0, 0.05) is 38.7 Å². The highest BCUT2D eigenvalue weighted by atomic mass is 35.5. The summed E-state index contributed by atoms with van der Waals surface area (Å²) >= 11 is 12.6. The van der Waals surface area contributed by atoms with Gasteiger partial charge in [-0.05, 0) is 30.3 Å². The van der Waals surface area contributed by atoms with Crippen LogP contribution < -0.4 is 10.6 Å². The largest absolute Gasteiger partial charge is 0.341 e. The summed E-state index contributed by atoms with van der Waals surface area (Å²) in [7, 11) is 0. The number of nitrogens with zero attached hydrogens (tertiary/aromatic N) is 1. The topological polar surface area (TPSA) is 82.0 Å². The fourth-order valence-corrected chi connectivity index (χ4v) is 3.71. The fourth-order valence-electron chi connectivity index (χ4n) is 3.19. The van der Waals surface area contributed by atoms with Crippen molar-refractivity contribution in [1.29, 1.82) is 5.26 Å². The number of amides is 2. The van der Waals surface area contributed by atoms with Crippen molar-refractivity contribution in [2.45, 2.75) is 12.5 Å². The molecule has 0 unspecified atom stereocenters. The Morgan fingerprint density at radius 1 is 0.939 bits per heavy atom. The highest BCUT2D eigenvalue weighted by Crippen LogP contribution is 2.33. The lowest BCUT2D eigenvalue weighted by molar-refractivity contribution is -0.122. The van der Waals surface area contributed by atoms with Gasteiger partial charge in [-0.2, -0.15) is 5.26 Å². The molecule has 0 radical (unpaired) electrons. The molecule has 0 bridgehead atoms. The van der Waals surface area contributed by atoms with Crippen molar-refractivity contribution in [3.63, 3.8) is 0 Å². The average Bonchev–Trinajstić information content (AvgIpc) is 2.79. The quantitative estimate of drug-likeness (QED) is 0.464. The molecule has 0 aliphatic heterocycles. The van der Waals surface area contributed by atoms with Gasteiger partial charge in [0.1, 0.15) is 24.2 Å². The highest BCUT2D eigenvalue weighted by molar-refractivity contribution is 6.36. The Morgan fingerprint density at radius 3 is 2.24 bits per heavy atom. The maximum absolute atomic E-state index is 14.1. The van der Waals surface area contributed by atoms with E-state index in [4.69, 9.17) is 28.5 Å². The van der Waals surface area contributed by atoms with Gasteiger partial charge < -0.3 is 10.6 Å². The molecule has 33 heavy (non-hydrogen) atoms. The monoisotopic (exact) mass is 487 g/mol. The lowest BCUT2D eigenvalue weighted by Crippen LogP contribution is -2.48. The summed E-state index contributed by atoms with van der Waals surface area (Å²) in [6, 6.07) is 15.3. The molecular formula is C24H17Cl2F2N3O2. The first-order chi connectivity index (χ1) is 15.8. The number of rotatable bonds is 7. The summed E-state index contributed by atoms with van der Waals surface area (Å²) < 4.78 is 28.2. The van der Waals surface area contributed by atoms with Crippen LogP contribution in [0.1, 0.15) is 15.9 Å². The molecule has 2 amide bonds. The number of nitriles is 1. The zero-order valence-electron chi connectivity index (χ0n) is 17.0. The fraction of sp³-hybridized carbons (Fsp3) is 0.125. The van der Waals surface area contributed by atoms with Gasteiger partial charge in [-0.1, -0.05) is 53.5 Å². The van der Waals surface area contributed by atoms with E-state index in [0.29, 0.717) is 16.1 Å². The second-order valence-electron chi connectivity index (χ2n) is 6.98. The van der Waals surface area contributed by atoms with E-state index in [2.05, 4.69) is 10.6 Å². The third-order valence-electron chi connectivity index (χ3n) is 4.83. The van der Waals surface area contributed by atoms with Crippen LogP contribution in [0.5, 0.6) is 0 Å². The number of nitrogens with one attached hydrogen (secondary N) is 2. The lowest BCUT2D eigenvalue weighted by Gasteiger charge is -2.19. The summed E-state index contributed by atoms with van der Waals surface area (Å²) in [5.74, 6) is -3.15. The van der Waals surface area contributed by atoms with Crippen molar-refractivity contribution >= 4 is 35.0 Å². The van der Waals surface area contributed by atoms with Crippen molar-refractivity contribution in [3.8, 4) is 17.2 Å². The van der Waals surface area contributed by atoms with Crippen LogP contribution in [0.4, 0.5) is 8.78 Å². The number of carbonyl (C=O) groups excluding carboxylic acids is 2. The molecule has 2 N–H and O–H groups in total. The van der Waals surface area contributed by atoms with E-state index >= 15 is 0 Å². The molecule has 0 aromatic heterocycles. The Morgan fingerprint density at radius 2 is 1.61 bits per heavy atom. The molecule has 9 heteroatoms. The van der Waals surface area contributed by atoms with Crippen molar-refractivity contribution in [1.82, 2.24) is 10.6 Å². The van der Waals surface area contributed by atoms with E-state index in [1.165, 1.54) is 18.2 Å². The van der Waals surface area contributed by atoms with Crippen molar-refractivity contribution in [2.75, 3.05) is 6.54 Å².